The number of aliphatic hydroxyl groups excluding tert-OH is 1. The van der Waals surface area contributed by atoms with Gasteiger partial charge in [0.05, 0.1) is 0 Å². The molecule has 1 unspecified atom stereocenters. The number of anilines is 3. The Morgan fingerprint density at radius 3 is 2.44 bits per heavy atom. The molecule has 0 aliphatic rings. The Labute approximate surface area is 157 Å². The zero-order valence-electron chi connectivity index (χ0n) is 14.9. The van der Waals surface area contributed by atoms with Gasteiger partial charge in [0.15, 0.2) is 0 Å². The number of amides is 2. The predicted octanol–water partition coefficient (Wildman–Crippen LogP) is 3.21. The van der Waals surface area contributed by atoms with E-state index >= 15 is 0 Å². The minimum Gasteiger partial charge on any atom is -0.387 e. The van der Waals surface area contributed by atoms with Crippen LogP contribution in [0, 0.1) is 0 Å². The van der Waals surface area contributed by atoms with Crippen molar-refractivity contribution in [2.75, 3.05) is 22.6 Å². The van der Waals surface area contributed by atoms with Gasteiger partial charge in [0.2, 0.25) is 11.8 Å². The molecule has 1 atom stereocenters. The van der Waals surface area contributed by atoms with E-state index in [1.165, 1.54) is 0 Å². The maximum absolute atomic E-state index is 12.6. The molecule has 3 aromatic rings. The van der Waals surface area contributed by atoms with Gasteiger partial charge in [0.1, 0.15) is 12.6 Å². The number of hydrogen-bond acceptors (Lipinski definition) is 4. The average molecular weight is 363 g/mol. The molecule has 0 aromatic heterocycles. The first-order valence-corrected chi connectivity index (χ1v) is 8.63. The molecule has 0 fully saturated rings. The molecular formula is C21H21N3O3. The second kappa shape index (κ2) is 8.33. The summed E-state index contributed by atoms with van der Waals surface area (Å²) in [5.41, 5.74) is 1.99. The second-order valence-corrected chi connectivity index (χ2v) is 6.17. The van der Waals surface area contributed by atoms with E-state index < -0.39 is 18.6 Å². The molecule has 0 radical (unpaired) electrons. The van der Waals surface area contributed by atoms with Gasteiger partial charge in [0.25, 0.3) is 0 Å². The lowest BCUT2D eigenvalue weighted by Crippen LogP contribution is -2.32. The number of fused-ring (bicyclic) bond motifs is 1. The molecule has 0 aliphatic carbocycles. The van der Waals surface area contributed by atoms with E-state index in [1.807, 2.05) is 42.5 Å². The van der Waals surface area contributed by atoms with Crippen LogP contribution in [0.2, 0.25) is 0 Å². The summed E-state index contributed by atoms with van der Waals surface area (Å²) >= 11 is 0. The second-order valence-electron chi connectivity index (χ2n) is 6.17. The first-order chi connectivity index (χ1) is 13.1. The van der Waals surface area contributed by atoms with Gasteiger partial charge in [0, 0.05) is 22.4 Å². The number of nitrogens with one attached hydrogen (secondary N) is 3. The van der Waals surface area contributed by atoms with Crippen LogP contribution in [0.3, 0.4) is 0 Å². The molecule has 2 amide bonds. The van der Waals surface area contributed by atoms with Gasteiger partial charge in [-0.15, -0.1) is 0 Å². The highest BCUT2D eigenvalue weighted by Gasteiger charge is 2.14. The first-order valence-electron chi connectivity index (χ1n) is 8.63. The molecule has 0 spiro atoms. The topological polar surface area (TPSA) is 90.5 Å². The monoisotopic (exact) mass is 363 g/mol. The lowest BCUT2D eigenvalue weighted by atomic mass is 10.1. The molecule has 6 heteroatoms. The molecule has 27 heavy (non-hydrogen) atoms. The van der Waals surface area contributed by atoms with Crippen LogP contribution in [0.25, 0.3) is 10.8 Å². The van der Waals surface area contributed by atoms with Gasteiger partial charge in [-0.05, 0) is 36.6 Å². The predicted molar refractivity (Wildman–Crippen MR) is 108 cm³/mol. The largest absolute Gasteiger partial charge is 0.387 e. The lowest BCUT2D eigenvalue weighted by Gasteiger charge is -2.17. The third-order valence-electron chi connectivity index (χ3n) is 4.11. The van der Waals surface area contributed by atoms with Gasteiger partial charge in [-0.1, -0.05) is 42.5 Å². The zero-order chi connectivity index (χ0) is 19.2. The molecule has 138 valence electrons. The Bertz CT molecular complexity index is 966. The molecule has 3 rings (SSSR count). The molecular weight excluding hydrogens is 342 g/mol. The van der Waals surface area contributed by atoms with Crippen LogP contribution < -0.4 is 16.0 Å². The van der Waals surface area contributed by atoms with Crippen molar-refractivity contribution in [3.8, 4) is 0 Å². The summed E-state index contributed by atoms with van der Waals surface area (Å²) in [6.07, 6.45) is 0. The summed E-state index contributed by atoms with van der Waals surface area (Å²) in [7, 11) is 0. The zero-order valence-corrected chi connectivity index (χ0v) is 14.9. The Balaban J connectivity index is 1.69. The standard InChI is InChI=1S/C21H21N3O3/c1-14(22-16-8-5-9-17(12-16)23-20(26)13-25)21(27)24-19-11-4-7-15-6-2-3-10-18(15)19/h2-12,14,22,25H,13H2,1H3,(H,23,26)(H,24,27). The SMILES string of the molecule is CC(Nc1cccc(NC(=O)CO)c1)C(=O)Nc1cccc2ccccc12. The molecule has 4 N–H and O–H groups in total. The Morgan fingerprint density at radius 2 is 1.63 bits per heavy atom. The minimum atomic E-state index is -0.582. The van der Waals surface area contributed by atoms with Crippen molar-refractivity contribution in [2.24, 2.45) is 0 Å². The molecule has 0 aliphatic heterocycles. The highest BCUT2D eigenvalue weighted by Crippen LogP contribution is 2.23. The van der Waals surface area contributed by atoms with Crippen LogP contribution in [-0.2, 0) is 9.59 Å². The van der Waals surface area contributed by atoms with E-state index in [9.17, 15) is 9.59 Å². The highest BCUT2D eigenvalue weighted by atomic mass is 16.3. The summed E-state index contributed by atoms with van der Waals surface area (Å²) in [5.74, 6) is -0.662. The number of aliphatic hydroxyl groups is 1. The first kappa shape index (κ1) is 18.4. The van der Waals surface area contributed by atoms with Crippen LogP contribution in [0.1, 0.15) is 6.92 Å². The van der Waals surface area contributed by atoms with Gasteiger partial charge < -0.3 is 21.1 Å². The maximum atomic E-state index is 12.6. The van der Waals surface area contributed by atoms with E-state index in [1.54, 1.807) is 31.2 Å². The van der Waals surface area contributed by atoms with E-state index in [0.717, 1.165) is 16.5 Å². The molecule has 6 nitrogen and oxygen atoms in total. The molecule has 0 saturated carbocycles. The van der Waals surface area contributed by atoms with Gasteiger partial charge in [-0.25, -0.2) is 0 Å². The number of carbonyl (C=O) groups excluding carboxylic acids is 2. The van der Waals surface area contributed by atoms with Crippen LogP contribution >= 0.6 is 0 Å². The average Bonchev–Trinajstić information content (AvgIpc) is 2.68. The third-order valence-corrected chi connectivity index (χ3v) is 4.11. The maximum Gasteiger partial charge on any atom is 0.250 e. The minimum absolute atomic E-state index is 0.170. The Kier molecular flexibility index (Phi) is 5.68. The van der Waals surface area contributed by atoms with E-state index in [-0.39, 0.29) is 5.91 Å². The summed E-state index contributed by atoms with van der Waals surface area (Å²) in [5, 5.41) is 19.5. The Morgan fingerprint density at radius 1 is 0.926 bits per heavy atom. The fourth-order valence-corrected chi connectivity index (χ4v) is 2.78. The van der Waals surface area contributed by atoms with E-state index in [0.29, 0.717) is 11.4 Å². The lowest BCUT2D eigenvalue weighted by molar-refractivity contribution is -0.119. The fourth-order valence-electron chi connectivity index (χ4n) is 2.78. The smallest absolute Gasteiger partial charge is 0.250 e. The summed E-state index contributed by atoms with van der Waals surface area (Å²) in [6, 6.07) is 20.1. The summed E-state index contributed by atoms with van der Waals surface area (Å²) in [4.78, 5) is 23.9. The molecule has 0 saturated heterocycles. The molecule has 0 bridgehead atoms. The van der Waals surface area contributed by atoms with Crippen molar-refractivity contribution < 1.29 is 14.7 Å². The van der Waals surface area contributed by atoms with Gasteiger partial charge in [-0.2, -0.15) is 0 Å². The van der Waals surface area contributed by atoms with Crippen molar-refractivity contribution in [1.29, 1.82) is 0 Å². The number of benzene rings is 3. The van der Waals surface area contributed by atoms with E-state index in [2.05, 4.69) is 16.0 Å². The Hall–Kier alpha value is -3.38. The van der Waals surface area contributed by atoms with Crippen molar-refractivity contribution in [1.82, 2.24) is 0 Å². The van der Waals surface area contributed by atoms with Crippen LogP contribution in [0.5, 0.6) is 0 Å². The third kappa shape index (κ3) is 4.62. The molecule has 0 heterocycles. The summed E-state index contributed by atoms with van der Waals surface area (Å²) < 4.78 is 0. The van der Waals surface area contributed by atoms with Crippen LogP contribution in [0.15, 0.2) is 66.7 Å². The number of rotatable bonds is 6. The van der Waals surface area contributed by atoms with Gasteiger partial charge >= 0.3 is 0 Å². The van der Waals surface area contributed by atoms with Crippen molar-refractivity contribution in [2.45, 2.75) is 13.0 Å². The summed E-state index contributed by atoms with van der Waals surface area (Å²) in [6.45, 7) is 1.18. The fraction of sp³-hybridized carbons (Fsp3) is 0.143. The van der Waals surface area contributed by atoms with Crippen molar-refractivity contribution >= 4 is 39.6 Å². The van der Waals surface area contributed by atoms with E-state index in [4.69, 9.17) is 5.11 Å². The number of carbonyl (C=O) groups is 2. The normalized spacial score (nSPS) is 11.6. The van der Waals surface area contributed by atoms with Crippen LogP contribution in [0.4, 0.5) is 17.1 Å². The van der Waals surface area contributed by atoms with Crippen molar-refractivity contribution in [3.63, 3.8) is 0 Å². The van der Waals surface area contributed by atoms with Gasteiger partial charge in [-0.3, -0.25) is 9.59 Å². The van der Waals surface area contributed by atoms with Crippen molar-refractivity contribution in [3.05, 3.63) is 66.7 Å². The highest BCUT2D eigenvalue weighted by molar-refractivity contribution is 6.04. The van der Waals surface area contributed by atoms with Crippen LogP contribution in [-0.4, -0.2) is 29.6 Å². The quantitative estimate of drug-likeness (QED) is 0.541. The molecule has 3 aromatic carbocycles. The number of hydrogen-bond donors (Lipinski definition) is 4.